The molecule has 0 saturated heterocycles. The Balaban J connectivity index is 1.46. The standard InChI is InChI=1S/C46H41N5/c1-45(2,3)34-18-21-37-38-22-19-35(46(4,5)6)29-41(38)51(40(37)28-34)39-27-33(17-20-36(39)30-23-25-47-26-24-30)44-49-42(31-13-9-7-10-14-31)48-43(50-44)32-15-11-8-12-16-32/h7-29H,1-6H3. The lowest BCUT2D eigenvalue weighted by Crippen LogP contribution is -2.11. The van der Waals surface area contributed by atoms with Gasteiger partial charge in [-0.25, -0.2) is 15.0 Å². The average Bonchev–Trinajstić information content (AvgIpc) is 3.48. The highest BCUT2D eigenvalue weighted by Gasteiger charge is 2.23. The molecule has 8 aromatic rings. The van der Waals surface area contributed by atoms with Gasteiger partial charge in [-0.15, -0.1) is 0 Å². The van der Waals surface area contributed by atoms with Gasteiger partial charge in [0.15, 0.2) is 17.5 Å². The summed E-state index contributed by atoms with van der Waals surface area (Å²) in [6.07, 6.45) is 3.72. The fourth-order valence-electron chi connectivity index (χ4n) is 6.78. The van der Waals surface area contributed by atoms with Gasteiger partial charge in [-0.05, 0) is 57.9 Å². The van der Waals surface area contributed by atoms with Crippen LogP contribution in [0.15, 0.2) is 140 Å². The van der Waals surface area contributed by atoms with Crippen LogP contribution in [-0.2, 0) is 10.8 Å². The molecular weight excluding hydrogens is 623 g/mol. The minimum Gasteiger partial charge on any atom is -0.309 e. The van der Waals surface area contributed by atoms with E-state index in [0.717, 1.165) is 33.5 Å². The van der Waals surface area contributed by atoms with Gasteiger partial charge in [-0.1, -0.05) is 139 Å². The minimum atomic E-state index is -0.0195. The Hall–Kier alpha value is -5.94. The van der Waals surface area contributed by atoms with Gasteiger partial charge in [0.25, 0.3) is 0 Å². The number of aromatic nitrogens is 5. The number of hydrogen-bond donors (Lipinski definition) is 0. The van der Waals surface area contributed by atoms with Crippen molar-refractivity contribution < 1.29 is 0 Å². The molecule has 0 aliphatic heterocycles. The van der Waals surface area contributed by atoms with Gasteiger partial charge < -0.3 is 4.57 Å². The van der Waals surface area contributed by atoms with Crippen LogP contribution in [-0.4, -0.2) is 24.5 Å². The van der Waals surface area contributed by atoms with Crippen LogP contribution in [0.25, 0.3) is 72.8 Å². The van der Waals surface area contributed by atoms with Crippen molar-refractivity contribution in [3.05, 3.63) is 151 Å². The Morgan fingerprint density at radius 2 is 0.902 bits per heavy atom. The second-order valence-corrected chi connectivity index (χ2v) is 15.3. The summed E-state index contributed by atoms with van der Waals surface area (Å²) in [6.45, 7) is 13.7. The second-order valence-electron chi connectivity index (χ2n) is 15.3. The van der Waals surface area contributed by atoms with Gasteiger partial charge in [-0.2, -0.15) is 0 Å². The molecule has 0 aliphatic carbocycles. The van der Waals surface area contributed by atoms with Crippen molar-refractivity contribution in [3.63, 3.8) is 0 Å². The topological polar surface area (TPSA) is 56.5 Å². The fourth-order valence-corrected chi connectivity index (χ4v) is 6.78. The van der Waals surface area contributed by atoms with Gasteiger partial charge in [0.2, 0.25) is 0 Å². The third-order valence-electron chi connectivity index (χ3n) is 9.69. The second kappa shape index (κ2) is 12.4. The number of nitrogens with zero attached hydrogens (tertiary/aromatic N) is 5. The van der Waals surface area contributed by atoms with Crippen LogP contribution < -0.4 is 0 Å². The summed E-state index contributed by atoms with van der Waals surface area (Å²) in [5, 5.41) is 2.45. The SMILES string of the molecule is CC(C)(C)c1ccc2c3ccc(C(C)(C)C)cc3n(-c3cc(-c4nc(-c5ccccc5)nc(-c5ccccc5)n4)ccc3-c3ccncc3)c2c1. The van der Waals surface area contributed by atoms with Gasteiger partial charge >= 0.3 is 0 Å². The van der Waals surface area contributed by atoms with E-state index in [4.69, 9.17) is 15.0 Å². The first-order chi connectivity index (χ1) is 24.5. The molecule has 0 aliphatic rings. The van der Waals surface area contributed by atoms with Gasteiger partial charge in [-0.3, -0.25) is 4.98 Å². The molecule has 3 aromatic heterocycles. The number of pyridine rings is 1. The first-order valence-corrected chi connectivity index (χ1v) is 17.6. The van der Waals surface area contributed by atoms with Crippen molar-refractivity contribution in [2.24, 2.45) is 0 Å². The van der Waals surface area contributed by atoms with E-state index in [1.807, 2.05) is 73.1 Å². The van der Waals surface area contributed by atoms with Gasteiger partial charge in [0.05, 0.1) is 16.7 Å². The number of rotatable bonds is 5. The summed E-state index contributed by atoms with van der Waals surface area (Å²) >= 11 is 0. The highest BCUT2D eigenvalue weighted by molar-refractivity contribution is 6.10. The maximum Gasteiger partial charge on any atom is 0.164 e. The summed E-state index contributed by atoms with van der Waals surface area (Å²) < 4.78 is 2.45. The molecule has 8 rings (SSSR count). The Kier molecular flexibility index (Phi) is 7.87. The van der Waals surface area contributed by atoms with Crippen LogP contribution in [0.2, 0.25) is 0 Å². The zero-order valence-corrected chi connectivity index (χ0v) is 30.0. The predicted octanol–water partition coefficient (Wildman–Crippen LogP) is 11.6. The highest BCUT2D eigenvalue weighted by atomic mass is 15.0. The van der Waals surface area contributed by atoms with E-state index < -0.39 is 0 Å². The smallest absolute Gasteiger partial charge is 0.164 e. The molecule has 0 amide bonds. The van der Waals surface area contributed by atoms with Crippen molar-refractivity contribution in [3.8, 4) is 51.0 Å². The summed E-state index contributed by atoms with van der Waals surface area (Å²) in [5.74, 6) is 1.90. The number of benzene rings is 5. The van der Waals surface area contributed by atoms with Crippen LogP contribution in [0, 0.1) is 0 Å². The molecule has 0 atom stereocenters. The molecule has 51 heavy (non-hydrogen) atoms. The van der Waals surface area contributed by atoms with Gasteiger partial charge in [0.1, 0.15) is 0 Å². The van der Waals surface area contributed by atoms with E-state index in [2.05, 4.69) is 118 Å². The van der Waals surface area contributed by atoms with Crippen LogP contribution in [0.4, 0.5) is 0 Å². The molecule has 0 spiro atoms. The van der Waals surface area contributed by atoms with Crippen molar-refractivity contribution in [1.82, 2.24) is 24.5 Å². The lowest BCUT2D eigenvalue weighted by atomic mass is 9.86. The monoisotopic (exact) mass is 663 g/mol. The Bertz CT molecular complexity index is 2390. The summed E-state index contributed by atoms with van der Waals surface area (Å²) in [4.78, 5) is 19.5. The van der Waals surface area contributed by atoms with Crippen molar-refractivity contribution in [2.45, 2.75) is 52.4 Å². The van der Waals surface area contributed by atoms with Crippen LogP contribution in [0.3, 0.4) is 0 Å². The van der Waals surface area contributed by atoms with E-state index >= 15 is 0 Å². The molecule has 0 fully saturated rings. The molecule has 0 N–H and O–H groups in total. The first kappa shape index (κ1) is 32.3. The Labute approximate surface area is 299 Å². The largest absolute Gasteiger partial charge is 0.309 e. The molecule has 0 radical (unpaired) electrons. The summed E-state index contributed by atoms with van der Waals surface area (Å²) in [5.41, 5.74) is 10.9. The van der Waals surface area contributed by atoms with E-state index in [-0.39, 0.29) is 10.8 Å². The minimum absolute atomic E-state index is 0.0195. The molecular formula is C46H41N5. The molecule has 250 valence electrons. The van der Waals surface area contributed by atoms with Crippen LogP contribution in [0.5, 0.6) is 0 Å². The first-order valence-electron chi connectivity index (χ1n) is 17.6. The quantitative estimate of drug-likeness (QED) is 0.184. The maximum absolute atomic E-state index is 5.10. The molecule has 5 aromatic carbocycles. The van der Waals surface area contributed by atoms with Crippen molar-refractivity contribution in [1.29, 1.82) is 0 Å². The summed E-state index contributed by atoms with van der Waals surface area (Å²) in [6, 6.07) is 44.9. The lowest BCUT2D eigenvalue weighted by molar-refractivity contribution is 0.591. The third kappa shape index (κ3) is 6.10. The highest BCUT2D eigenvalue weighted by Crippen LogP contribution is 2.41. The molecule has 5 nitrogen and oxygen atoms in total. The molecule has 0 unspecified atom stereocenters. The predicted molar refractivity (Wildman–Crippen MR) is 211 cm³/mol. The van der Waals surface area contributed by atoms with E-state index in [1.165, 1.54) is 32.9 Å². The third-order valence-corrected chi connectivity index (χ3v) is 9.69. The van der Waals surface area contributed by atoms with Crippen LogP contribution >= 0.6 is 0 Å². The average molecular weight is 664 g/mol. The Morgan fingerprint density at radius 1 is 0.431 bits per heavy atom. The van der Waals surface area contributed by atoms with E-state index in [0.29, 0.717) is 17.5 Å². The number of fused-ring (bicyclic) bond motifs is 3. The van der Waals surface area contributed by atoms with Gasteiger partial charge in [0, 0.05) is 45.4 Å². The molecule has 0 bridgehead atoms. The van der Waals surface area contributed by atoms with E-state index in [9.17, 15) is 0 Å². The van der Waals surface area contributed by atoms with Crippen LogP contribution in [0.1, 0.15) is 52.7 Å². The van der Waals surface area contributed by atoms with Crippen molar-refractivity contribution >= 4 is 21.8 Å². The zero-order chi connectivity index (χ0) is 35.3. The zero-order valence-electron chi connectivity index (χ0n) is 30.0. The van der Waals surface area contributed by atoms with Crippen molar-refractivity contribution in [2.75, 3.05) is 0 Å². The lowest BCUT2D eigenvalue weighted by Gasteiger charge is -2.21. The molecule has 3 heterocycles. The Morgan fingerprint density at radius 3 is 1.37 bits per heavy atom. The summed E-state index contributed by atoms with van der Waals surface area (Å²) in [7, 11) is 0. The molecule has 0 saturated carbocycles. The molecule has 5 heteroatoms. The normalized spacial score (nSPS) is 12.1. The number of hydrogen-bond acceptors (Lipinski definition) is 4. The van der Waals surface area contributed by atoms with E-state index in [1.54, 1.807) is 0 Å². The fraction of sp³-hybridized carbons (Fsp3) is 0.174. The maximum atomic E-state index is 5.10.